The first-order valence-electron chi connectivity index (χ1n) is 9.54. The average Bonchev–Trinajstić information content (AvgIpc) is 3.37. The molecule has 1 aliphatic heterocycles. The van der Waals surface area contributed by atoms with Crippen LogP contribution in [0.5, 0.6) is 28.7 Å². The number of hydrogen-bond acceptors (Lipinski definition) is 7. The van der Waals surface area contributed by atoms with Crippen LogP contribution >= 0.6 is 0 Å². The Bertz CT molecular complexity index is 999. The van der Waals surface area contributed by atoms with Crippen molar-refractivity contribution in [3.63, 3.8) is 0 Å². The first-order valence-corrected chi connectivity index (χ1v) is 9.54. The second kappa shape index (κ2) is 6.69. The summed E-state index contributed by atoms with van der Waals surface area (Å²) < 4.78 is 21.9. The Morgan fingerprint density at radius 2 is 1.76 bits per heavy atom. The molecule has 7 nitrogen and oxygen atoms in total. The van der Waals surface area contributed by atoms with Gasteiger partial charge in [-0.05, 0) is 35.7 Å². The smallest absolute Gasteiger partial charge is 0.231 e. The molecule has 1 heterocycles. The molecule has 2 aliphatic carbocycles. The van der Waals surface area contributed by atoms with Crippen molar-refractivity contribution in [3.05, 3.63) is 42.0 Å². The molecule has 1 N–H and O–H groups in total. The topological polar surface area (TPSA) is 91.3 Å². The summed E-state index contributed by atoms with van der Waals surface area (Å²) in [7, 11) is 1.45. The number of ether oxygens (including phenoxy) is 4. The first kappa shape index (κ1) is 17.8. The summed E-state index contributed by atoms with van der Waals surface area (Å²) in [5, 5.41) is 9.75. The summed E-state index contributed by atoms with van der Waals surface area (Å²) in [5.41, 5.74) is 0.853. The van der Waals surface area contributed by atoms with E-state index in [2.05, 4.69) is 0 Å². The molecule has 150 valence electrons. The molecule has 2 aromatic carbocycles. The van der Waals surface area contributed by atoms with Crippen molar-refractivity contribution in [2.75, 3.05) is 13.9 Å². The van der Waals surface area contributed by atoms with Gasteiger partial charge in [-0.25, -0.2) is 0 Å². The molecule has 4 unspecified atom stereocenters. The van der Waals surface area contributed by atoms with Crippen LogP contribution in [0.1, 0.15) is 24.3 Å². The normalized spacial score (nSPS) is 27.2. The van der Waals surface area contributed by atoms with Crippen molar-refractivity contribution in [2.24, 2.45) is 11.8 Å². The molecule has 2 saturated carbocycles. The summed E-state index contributed by atoms with van der Waals surface area (Å²) >= 11 is 0. The SMILES string of the molecule is COc1cc(OC2C(=O)CC3C(c4ccc5c(c4)OCO5)C(=O)CC23)ccc1O. The average molecular weight is 396 g/mol. The molecule has 0 saturated heterocycles. The van der Waals surface area contributed by atoms with E-state index in [4.69, 9.17) is 18.9 Å². The molecule has 0 spiro atoms. The zero-order chi connectivity index (χ0) is 20.1. The number of carbonyl (C=O) groups excluding carboxylic acids is 2. The highest BCUT2D eigenvalue weighted by Gasteiger charge is 2.55. The largest absolute Gasteiger partial charge is 0.504 e. The molecule has 0 aromatic heterocycles. The first-order chi connectivity index (χ1) is 14.0. The van der Waals surface area contributed by atoms with Gasteiger partial charge in [0.1, 0.15) is 11.5 Å². The van der Waals surface area contributed by atoms with E-state index in [0.29, 0.717) is 30.1 Å². The number of rotatable bonds is 4. The van der Waals surface area contributed by atoms with Gasteiger partial charge in [-0.1, -0.05) is 6.07 Å². The van der Waals surface area contributed by atoms with Gasteiger partial charge >= 0.3 is 0 Å². The van der Waals surface area contributed by atoms with E-state index in [-0.39, 0.29) is 47.6 Å². The van der Waals surface area contributed by atoms with Gasteiger partial charge in [-0.15, -0.1) is 0 Å². The number of fused-ring (bicyclic) bond motifs is 2. The lowest BCUT2D eigenvalue weighted by molar-refractivity contribution is -0.125. The van der Waals surface area contributed by atoms with Crippen molar-refractivity contribution in [1.29, 1.82) is 0 Å². The quantitative estimate of drug-likeness (QED) is 0.850. The second-order valence-corrected chi connectivity index (χ2v) is 7.63. The minimum Gasteiger partial charge on any atom is -0.504 e. The number of carbonyl (C=O) groups is 2. The number of benzene rings is 2. The third-order valence-corrected chi connectivity index (χ3v) is 6.07. The maximum atomic E-state index is 12.8. The summed E-state index contributed by atoms with van der Waals surface area (Å²) in [6.07, 6.45) is -0.0812. The summed E-state index contributed by atoms with van der Waals surface area (Å²) in [6.45, 7) is 0.175. The maximum Gasteiger partial charge on any atom is 0.231 e. The van der Waals surface area contributed by atoms with Gasteiger partial charge < -0.3 is 24.1 Å². The van der Waals surface area contributed by atoms with E-state index in [9.17, 15) is 14.7 Å². The van der Waals surface area contributed by atoms with E-state index in [1.165, 1.54) is 13.2 Å². The molecule has 5 rings (SSSR count). The number of phenols is 1. The van der Waals surface area contributed by atoms with Crippen LogP contribution in [-0.2, 0) is 9.59 Å². The standard InChI is InChI=1S/C22H20O7/c1-26-19-7-12(3-4-15(19)23)29-22-14-9-16(24)21(13(14)8-17(22)25)11-2-5-18-20(6-11)28-10-27-18/h2-7,13-14,21-23H,8-10H2,1H3. The molecular formula is C22H20O7. The van der Waals surface area contributed by atoms with Gasteiger partial charge in [0.15, 0.2) is 34.9 Å². The van der Waals surface area contributed by atoms with Gasteiger partial charge in [0.2, 0.25) is 6.79 Å². The number of phenolic OH excluding ortho intramolecular Hbond substituents is 1. The van der Waals surface area contributed by atoms with Crippen molar-refractivity contribution >= 4 is 11.6 Å². The Hall–Kier alpha value is -3.22. The number of Topliss-reactive ketones (excluding diaryl/α,β-unsaturated/α-hetero) is 2. The van der Waals surface area contributed by atoms with Crippen LogP contribution in [-0.4, -0.2) is 36.7 Å². The fraction of sp³-hybridized carbons (Fsp3) is 0.364. The van der Waals surface area contributed by atoms with E-state index in [1.807, 2.05) is 18.2 Å². The number of ketones is 2. The number of aromatic hydroxyl groups is 1. The van der Waals surface area contributed by atoms with Crippen molar-refractivity contribution in [1.82, 2.24) is 0 Å². The maximum absolute atomic E-state index is 12.8. The molecule has 3 aliphatic rings. The van der Waals surface area contributed by atoms with Gasteiger partial charge in [0.05, 0.1) is 7.11 Å². The van der Waals surface area contributed by atoms with E-state index < -0.39 is 6.10 Å². The predicted molar refractivity (Wildman–Crippen MR) is 101 cm³/mol. The molecule has 2 fully saturated rings. The Labute approximate surface area is 167 Å². The number of hydrogen-bond donors (Lipinski definition) is 1. The van der Waals surface area contributed by atoms with Crippen LogP contribution in [0.4, 0.5) is 0 Å². The van der Waals surface area contributed by atoms with Crippen LogP contribution in [0.25, 0.3) is 0 Å². The molecule has 0 amide bonds. The summed E-state index contributed by atoms with van der Waals surface area (Å²) in [5.74, 6) is 1.48. The lowest BCUT2D eigenvalue weighted by atomic mass is 9.85. The lowest BCUT2D eigenvalue weighted by Crippen LogP contribution is -2.28. The van der Waals surface area contributed by atoms with E-state index in [0.717, 1.165) is 5.56 Å². The Kier molecular flexibility index (Phi) is 4.12. The van der Waals surface area contributed by atoms with E-state index in [1.54, 1.807) is 12.1 Å². The molecule has 0 radical (unpaired) electrons. The molecular weight excluding hydrogens is 376 g/mol. The number of methoxy groups -OCH3 is 1. The minimum atomic E-state index is -0.683. The third kappa shape index (κ3) is 2.88. The molecule has 7 heteroatoms. The van der Waals surface area contributed by atoms with Gasteiger partial charge in [-0.2, -0.15) is 0 Å². The zero-order valence-electron chi connectivity index (χ0n) is 15.8. The van der Waals surface area contributed by atoms with Crippen LogP contribution < -0.4 is 18.9 Å². The molecule has 2 aromatic rings. The Balaban J connectivity index is 1.40. The Morgan fingerprint density at radius 1 is 0.966 bits per heavy atom. The van der Waals surface area contributed by atoms with Crippen LogP contribution in [0, 0.1) is 11.8 Å². The Morgan fingerprint density at radius 3 is 2.59 bits per heavy atom. The zero-order valence-corrected chi connectivity index (χ0v) is 15.8. The van der Waals surface area contributed by atoms with Gasteiger partial charge in [0, 0.05) is 30.7 Å². The minimum absolute atomic E-state index is 0.00519. The van der Waals surface area contributed by atoms with Gasteiger partial charge in [0.25, 0.3) is 0 Å². The highest BCUT2D eigenvalue weighted by molar-refractivity contribution is 5.95. The van der Waals surface area contributed by atoms with Crippen LogP contribution in [0.2, 0.25) is 0 Å². The molecule has 0 bridgehead atoms. The fourth-order valence-corrected chi connectivity index (χ4v) is 4.76. The highest BCUT2D eigenvalue weighted by Crippen LogP contribution is 2.51. The summed E-state index contributed by atoms with van der Waals surface area (Å²) in [4.78, 5) is 25.6. The van der Waals surface area contributed by atoms with Crippen LogP contribution in [0.15, 0.2) is 36.4 Å². The van der Waals surface area contributed by atoms with Crippen molar-refractivity contribution in [2.45, 2.75) is 24.9 Å². The highest BCUT2D eigenvalue weighted by atomic mass is 16.7. The predicted octanol–water partition coefficient (Wildman–Crippen LogP) is 2.84. The van der Waals surface area contributed by atoms with Crippen molar-refractivity contribution in [3.8, 4) is 28.7 Å². The fourth-order valence-electron chi connectivity index (χ4n) is 4.76. The molecule has 4 atom stereocenters. The monoisotopic (exact) mass is 396 g/mol. The van der Waals surface area contributed by atoms with Crippen LogP contribution in [0.3, 0.4) is 0 Å². The third-order valence-electron chi connectivity index (χ3n) is 6.07. The summed E-state index contributed by atoms with van der Waals surface area (Å²) in [6, 6.07) is 10.1. The van der Waals surface area contributed by atoms with Crippen molar-refractivity contribution < 1.29 is 33.6 Å². The van der Waals surface area contributed by atoms with Gasteiger partial charge in [-0.3, -0.25) is 9.59 Å². The van der Waals surface area contributed by atoms with E-state index >= 15 is 0 Å². The lowest BCUT2D eigenvalue weighted by Gasteiger charge is -2.20. The second-order valence-electron chi connectivity index (χ2n) is 7.63. The molecule has 29 heavy (non-hydrogen) atoms.